The normalized spacial score (nSPS) is 17.8. The summed E-state index contributed by atoms with van der Waals surface area (Å²) >= 11 is 16.7. The van der Waals surface area contributed by atoms with E-state index < -0.39 is 0 Å². The summed E-state index contributed by atoms with van der Waals surface area (Å²) in [5, 5.41) is 4.32. The minimum atomic E-state index is -0.202. The molecule has 0 atom stereocenters. The van der Waals surface area contributed by atoms with Gasteiger partial charge in [0.05, 0.1) is 10.6 Å². The van der Waals surface area contributed by atoms with E-state index in [1.807, 2.05) is 24.3 Å². The molecular formula is C16H9BrCl2N2OS. The van der Waals surface area contributed by atoms with Crippen LogP contribution in [0.3, 0.4) is 0 Å². The molecule has 0 unspecified atom stereocenters. The van der Waals surface area contributed by atoms with Crippen molar-refractivity contribution in [2.45, 2.75) is 0 Å². The number of carbonyl (C=O) groups is 1. The van der Waals surface area contributed by atoms with E-state index in [4.69, 9.17) is 23.2 Å². The van der Waals surface area contributed by atoms with E-state index in [0.717, 1.165) is 15.7 Å². The van der Waals surface area contributed by atoms with E-state index in [9.17, 15) is 4.79 Å². The van der Waals surface area contributed by atoms with E-state index in [0.29, 0.717) is 20.1 Å². The molecule has 1 fully saturated rings. The van der Waals surface area contributed by atoms with Crippen molar-refractivity contribution in [2.24, 2.45) is 4.99 Å². The third-order valence-electron chi connectivity index (χ3n) is 2.97. The van der Waals surface area contributed by atoms with Crippen molar-refractivity contribution in [1.29, 1.82) is 0 Å². The SMILES string of the molecule is O=C1NC(=Nc2ccccc2Br)SC1=Cc1ccc(Cl)cc1Cl. The third kappa shape index (κ3) is 3.98. The second-order valence-electron chi connectivity index (χ2n) is 4.60. The van der Waals surface area contributed by atoms with Gasteiger partial charge in [0, 0.05) is 14.5 Å². The lowest BCUT2D eigenvalue weighted by atomic mass is 10.2. The van der Waals surface area contributed by atoms with Gasteiger partial charge in [0.2, 0.25) is 0 Å². The van der Waals surface area contributed by atoms with Crippen LogP contribution in [0.1, 0.15) is 5.56 Å². The van der Waals surface area contributed by atoms with Gasteiger partial charge in [0.15, 0.2) is 5.17 Å². The van der Waals surface area contributed by atoms with Crippen molar-refractivity contribution >= 4 is 73.7 Å². The Labute approximate surface area is 155 Å². The zero-order chi connectivity index (χ0) is 16.4. The average molecular weight is 428 g/mol. The Balaban J connectivity index is 1.88. The molecule has 1 saturated heterocycles. The molecule has 0 radical (unpaired) electrons. The topological polar surface area (TPSA) is 41.5 Å². The number of hydrogen-bond donors (Lipinski definition) is 1. The fraction of sp³-hybridized carbons (Fsp3) is 0. The summed E-state index contributed by atoms with van der Waals surface area (Å²) in [5.41, 5.74) is 1.48. The molecule has 0 spiro atoms. The van der Waals surface area contributed by atoms with Crippen LogP contribution in [0.4, 0.5) is 5.69 Å². The van der Waals surface area contributed by atoms with Crippen LogP contribution in [0.5, 0.6) is 0 Å². The number of rotatable bonds is 2. The van der Waals surface area contributed by atoms with Gasteiger partial charge in [-0.1, -0.05) is 41.4 Å². The number of benzene rings is 2. The highest BCUT2D eigenvalue weighted by Gasteiger charge is 2.24. The van der Waals surface area contributed by atoms with Crippen LogP contribution in [-0.2, 0) is 4.79 Å². The molecule has 3 rings (SSSR count). The number of hydrogen-bond acceptors (Lipinski definition) is 3. The van der Waals surface area contributed by atoms with Crippen LogP contribution in [-0.4, -0.2) is 11.1 Å². The van der Waals surface area contributed by atoms with Crippen LogP contribution in [0, 0.1) is 0 Å². The van der Waals surface area contributed by atoms with Gasteiger partial charge >= 0.3 is 0 Å². The molecule has 7 heteroatoms. The maximum absolute atomic E-state index is 12.1. The summed E-state index contributed by atoms with van der Waals surface area (Å²) in [6.07, 6.45) is 1.72. The second-order valence-corrected chi connectivity index (χ2v) is 7.33. The monoisotopic (exact) mass is 426 g/mol. The molecule has 2 aromatic rings. The van der Waals surface area contributed by atoms with Crippen LogP contribution in [0.2, 0.25) is 10.0 Å². The number of carbonyl (C=O) groups excluding carboxylic acids is 1. The van der Waals surface area contributed by atoms with Gasteiger partial charge in [-0.3, -0.25) is 4.79 Å². The van der Waals surface area contributed by atoms with Crippen molar-refractivity contribution in [1.82, 2.24) is 5.32 Å². The zero-order valence-electron chi connectivity index (χ0n) is 11.5. The van der Waals surface area contributed by atoms with E-state index in [1.165, 1.54) is 11.8 Å². The van der Waals surface area contributed by atoms with Gasteiger partial charge < -0.3 is 5.32 Å². The molecule has 116 valence electrons. The predicted octanol–water partition coefficient (Wildman–Crippen LogP) is 5.65. The molecule has 1 heterocycles. The smallest absolute Gasteiger partial charge is 0.264 e. The van der Waals surface area contributed by atoms with E-state index >= 15 is 0 Å². The summed E-state index contributed by atoms with van der Waals surface area (Å²) in [6.45, 7) is 0. The molecule has 1 N–H and O–H groups in total. The van der Waals surface area contributed by atoms with Gasteiger partial charge in [0.1, 0.15) is 0 Å². The Kier molecular flexibility index (Phi) is 5.11. The van der Waals surface area contributed by atoms with E-state index in [1.54, 1.807) is 24.3 Å². The summed E-state index contributed by atoms with van der Waals surface area (Å²) in [6, 6.07) is 12.7. The maximum Gasteiger partial charge on any atom is 0.264 e. The highest BCUT2D eigenvalue weighted by atomic mass is 79.9. The lowest BCUT2D eigenvalue weighted by molar-refractivity contribution is -0.115. The van der Waals surface area contributed by atoms with Gasteiger partial charge in [-0.2, -0.15) is 0 Å². The first-order valence-electron chi connectivity index (χ1n) is 6.52. The molecule has 2 aromatic carbocycles. The first-order chi connectivity index (χ1) is 11.0. The number of aliphatic imine (C=N–C) groups is 1. The number of thioether (sulfide) groups is 1. The fourth-order valence-corrected chi connectivity index (χ4v) is 3.55. The van der Waals surface area contributed by atoms with Crippen molar-refractivity contribution in [3.63, 3.8) is 0 Å². The Morgan fingerprint density at radius 1 is 1.17 bits per heavy atom. The average Bonchev–Trinajstić information content (AvgIpc) is 2.84. The second kappa shape index (κ2) is 7.09. The Morgan fingerprint density at radius 2 is 1.96 bits per heavy atom. The van der Waals surface area contributed by atoms with Crippen molar-refractivity contribution in [3.05, 3.63) is 67.5 Å². The van der Waals surface area contributed by atoms with Crippen LogP contribution >= 0.6 is 50.9 Å². The number of amides is 1. The summed E-state index contributed by atoms with van der Waals surface area (Å²) in [4.78, 5) is 17.1. The van der Waals surface area contributed by atoms with Crippen LogP contribution < -0.4 is 5.32 Å². The molecule has 0 aliphatic carbocycles. The third-order valence-corrected chi connectivity index (χ3v) is 5.12. The Bertz CT molecular complexity index is 852. The highest BCUT2D eigenvalue weighted by Crippen LogP contribution is 2.32. The van der Waals surface area contributed by atoms with Gasteiger partial charge in [-0.05, 0) is 63.6 Å². The molecule has 1 aliphatic rings. The number of nitrogens with zero attached hydrogens (tertiary/aromatic N) is 1. The number of nitrogens with one attached hydrogen (secondary N) is 1. The molecule has 1 aliphatic heterocycles. The summed E-state index contributed by atoms with van der Waals surface area (Å²) in [7, 11) is 0. The van der Waals surface area contributed by atoms with E-state index in [2.05, 4.69) is 26.2 Å². The highest BCUT2D eigenvalue weighted by molar-refractivity contribution is 9.10. The Morgan fingerprint density at radius 3 is 2.70 bits per heavy atom. The number of halogens is 3. The molecule has 1 amide bonds. The van der Waals surface area contributed by atoms with Crippen molar-refractivity contribution in [2.75, 3.05) is 0 Å². The minimum Gasteiger partial charge on any atom is -0.300 e. The standard InChI is InChI=1S/C16H9BrCl2N2OS/c17-11-3-1-2-4-13(11)20-16-21-15(22)14(23-16)7-9-5-6-10(18)8-12(9)19/h1-8H,(H,20,21,22). The number of para-hydroxylation sites is 1. The Hall–Kier alpha value is -1.27. The van der Waals surface area contributed by atoms with Crippen molar-refractivity contribution < 1.29 is 4.79 Å². The first kappa shape index (κ1) is 16.6. The lowest BCUT2D eigenvalue weighted by Crippen LogP contribution is -2.19. The van der Waals surface area contributed by atoms with Crippen molar-refractivity contribution in [3.8, 4) is 0 Å². The summed E-state index contributed by atoms with van der Waals surface area (Å²) < 4.78 is 0.862. The first-order valence-corrected chi connectivity index (χ1v) is 8.88. The predicted molar refractivity (Wildman–Crippen MR) is 101 cm³/mol. The molecule has 23 heavy (non-hydrogen) atoms. The van der Waals surface area contributed by atoms with Crippen LogP contribution in [0.15, 0.2) is 56.8 Å². The molecular weight excluding hydrogens is 419 g/mol. The van der Waals surface area contributed by atoms with Gasteiger partial charge in [-0.25, -0.2) is 4.99 Å². The maximum atomic E-state index is 12.1. The van der Waals surface area contributed by atoms with Crippen LogP contribution in [0.25, 0.3) is 6.08 Å². The van der Waals surface area contributed by atoms with Gasteiger partial charge in [0.25, 0.3) is 5.91 Å². The fourth-order valence-electron chi connectivity index (χ4n) is 1.89. The molecule has 0 saturated carbocycles. The number of amidine groups is 1. The zero-order valence-corrected chi connectivity index (χ0v) is 15.4. The van der Waals surface area contributed by atoms with E-state index in [-0.39, 0.29) is 5.91 Å². The lowest BCUT2D eigenvalue weighted by Gasteiger charge is -1.99. The van der Waals surface area contributed by atoms with Gasteiger partial charge in [-0.15, -0.1) is 0 Å². The quantitative estimate of drug-likeness (QED) is 0.629. The molecule has 3 nitrogen and oxygen atoms in total. The summed E-state index contributed by atoms with van der Waals surface area (Å²) in [5.74, 6) is -0.202. The minimum absolute atomic E-state index is 0.202. The largest absolute Gasteiger partial charge is 0.300 e. The molecule has 0 aromatic heterocycles. The molecule has 0 bridgehead atoms.